The van der Waals surface area contributed by atoms with Crippen LogP contribution >= 0.6 is 11.3 Å². The van der Waals surface area contributed by atoms with Crippen molar-refractivity contribution in [2.24, 2.45) is 5.92 Å². The number of carbonyl (C=O) groups is 1. The van der Waals surface area contributed by atoms with Crippen LogP contribution in [0.5, 0.6) is 0 Å². The average molecular weight is 317 g/mol. The molecule has 1 fully saturated rings. The molecule has 1 aromatic rings. The van der Waals surface area contributed by atoms with E-state index in [0.29, 0.717) is 24.2 Å². The molecule has 7 heteroatoms. The Balaban J connectivity index is 2.12. The van der Waals surface area contributed by atoms with Gasteiger partial charge in [-0.05, 0) is 39.2 Å². The molecule has 1 aliphatic rings. The second-order valence-corrected chi connectivity index (χ2v) is 8.44. The molecular formula is C13H19NO4S2. The molecule has 0 radical (unpaired) electrons. The van der Waals surface area contributed by atoms with Crippen LogP contribution in [-0.2, 0) is 14.8 Å². The van der Waals surface area contributed by atoms with Crippen LogP contribution in [0.1, 0.15) is 35.4 Å². The number of hydrogen-bond acceptors (Lipinski definition) is 4. The Kier molecular flexibility index (Phi) is 4.51. The van der Waals surface area contributed by atoms with E-state index in [0.717, 1.165) is 16.2 Å². The highest BCUT2D eigenvalue weighted by molar-refractivity contribution is 7.89. The van der Waals surface area contributed by atoms with E-state index >= 15 is 0 Å². The van der Waals surface area contributed by atoms with E-state index in [1.807, 2.05) is 6.92 Å². The zero-order valence-electron chi connectivity index (χ0n) is 11.5. The molecule has 2 unspecified atom stereocenters. The number of thiophene rings is 1. The summed E-state index contributed by atoms with van der Waals surface area (Å²) in [5.41, 5.74) is 0. The molecule has 0 aromatic carbocycles. The van der Waals surface area contributed by atoms with Crippen LogP contribution in [-0.4, -0.2) is 25.5 Å². The van der Waals surface area contributed by atoms with Gasteiger partial charge in [0.1, 0.15) is 0 Å². The van der Waals surface area contributed by atoms with Gasteiger partial charge in [-0.15, -0.1) is 11.3 Å². The number of sulfonamides is 1. The number of carboxylic acids is 1. The zero-order chi connectivity index (χ0) is 14.9. The highest BCUT2D eigenvalue weighted by Gasteiger charge is 2.30. The Labute approximate surface area is 123 Å². The van der Waals surface area contributed by atoms with Gasteiger partial charge < -0.3 is 5.11 Å². The van der Waals surface area contributed by atoms with E-state index in [4.69, 9.17) is 5.11 Å². The molecule has 1 aromatic heterocycles. The van der Waals surface area contributed by atoms with Crippen molar-refractivity contribution in [2.75, 3.05) is 0 Å². The second kappa shape index (κ2) is 5.83. The lowest BCUT2D eigenvalue weighted by molar-refractivity contribution is -0.143. The molecular weight excluding hydrogens is 298 g/mol. The predicted octanol–water partition coefficient (Wildman–Crippen LogP) is 2.29. The molecule has 20 heavy (non-hydrogen) atoms. The van der Waals surface area contributed by atoms with Crippen molar-refractivity contribution in [3.8, 4) is 0 Å². The molecule has 1 saturated carbocycles. The first-order valence-electron chi connectivity index (χ1n) is 6.62. The van der Waals surface area contributed by atoms with Crippen LogP contribution in [0.4, 0.5) is 0 Å². The van der Waals surface area contributed by atoms with Crippen LogP contribution in [0.15, 0.2) is 11.0 Å². The third kappa shape index (κ3) is 3.39. The molecule has 0 saturated heterocycles. The number of carboxylic acid groups (broad SMARTS) is 1. The molecule has 112 valence electrons. The summed E-state index contributed by atoms with van der Waals surface area (Å²) in [7, 11) is -3.55. The molecule has 0 amide bonds. The monoisotopic (exact) mass is 317 g/mol. The first-order chi connectivity index (χ1) is 9.29. The normalized spacial score (nSPS) is 23.7. The van der Waals surface area contributed by atoms with E-state index < -0.39 is 21.9 Å². The Morgan fingerprint density at radius 3 is 2.65 bits per heavy atom. The summed E-state index contributed by atoms with van der Waals surface area (Å²) >= 11 is 1.45. The highest BCUT2D eigenvalue weighted by atomic mass is 32.2. The lowest BCUT2D eigenvalue weighted by Crippen LogP contribution is -2.39. The largest absolute Gasteiger partial charge is 0.481 e. The lowest BCUT2D eigenvalue weighted by atomic mass is 9.86. The average Bonchev–Trinajstić information content (AvgIpc) is 2.69. The van der Waals surface area contributed by atoms with Gasteiger partial charge in [0.15, 0.2) is 0 Å². The van der Waals surface area contributed by atoms with Crippen molar-refractivity contribution in [3.63, 3.8) is 0 Å². The van der Waals surface area contributed by atoms with E-state index in [1.165, 1.54) is 11.3 Å². The summed E-state index contributed by atoms with van der Waals surface area (Å²) < 4.78 is 27.4. The fourth-order valence-electron chi connectivity index (χ4n) is 2.68. The van der Waals surface area contributed by atoms with Crippen molar-refractivity contribution in [1.82, 2.24) is 4.72 Å². The molecule has 0 spiro atoms. The van der Waals surface area contributed by atoms with Crippen molar-refractivity contribution >= 4 is 27.3 Å². The van der Waals surface area contributed by atoms with Crippen LogP contribution in [0.2, 0.25) is 0 Å². The summed E-state index contributed by atoms with van der Waals surface area (Å²) in [6.07, 6.45) is 2.44. The molecule has 1 heterocycles. The standard InChI is InChI=1S/C13H19NO4S2/c1-8-6-12(9(2)19-8)20(17,18)14-11-5-3-4-10(7-11)13(15)16/h6,10-11,14H,3-5,7H2,1-2H3,(H,15,16). The summed E-state index contributed by atoms with van der Waals surface area (Å²) in [6.45, 7) is 3.66. The van der Waals surface area contributed by atoms with Gasteiger partial charge in [-0.2, -0.15) is 0 Å². The van der Waals surface area contributed by atoms with Crippen molar-refractivity contribution < 1.29 is 18.3 Å². The van der Waals surface area contributed by atoms with Gasteiger partial charge in [-0.1, -0.05) is 6.42 Å². The quantitative estimate of drug-likeness (QED) is 0.892. The van der Waals surface area contributed by atoms with Crippen molar-refractivity contribution in [1.29, 1.82) is 0 Å². The highest BCUT2D eigenvalue weighted by Crippen LogP contribution is 2.28. The summed E-state index contributed by atoms with van der Waals surface area (Å²) in [6, 6.07) is 1.38. The molecule has 2 N–H and O–H groups in total. The van der Waals surface area contributed by atoms with Crippen molar-refractivity contribution in [3.05, 3.63) is 15.8 Å². The van der Waals surface area contributed by atoms with Gasteiger partial charge >= 0.3 is 5.97 Å². The van der Waals surface area contributed by atoms with Crippen LogP contribution in [0.25, 0.3) is 0 Å². The predicted molar refractivity (Wildman–Crippen MR) is 77.5 cm³/mol. The van der Waals surface area contributed by atoms with Crippen molar-refractivity contribution in [2.45, 2.75) is 50.5 Å². The molecule has 2 atom stereocenters. The molecule has 2 rings (SSSR count). The third-order valence-electron chi connectivity index (χ3n) is 3.63. The smallest absolute Gasteiger partial charge is 0.306 e. The van der Waals surface area contributed by atoms with Gasteiger partial charge in [0, 0.05) is 15.8 Å². The first kappa shape index (κ1) is 15.5. The Morgan fingerprint density at radius 1 is 1.40 bits per heavy atom. The summed E-state index contributed by atoms with van der Waals surface area (Å²) in [4.78, 5) is 13.1. The van der Waals surface area contributed by atoms with E-state index in [9.17, 15) is 13.2 Å². The molecule has 1 aliphatic carbocycles. The number of aliphatic carboxylic acids is 1. The maximum atomic E-state index is 12.4. The van der Waals surface area contributed by atoms with Crippen LogP contribution in [0.3, 0.4) is 0 Å². The van der Waals surface area contributed by atoms with E-state index in [2.05, 4.69) is 4.72 Å². The van der Waals surface area contributed by atoms with Crippen LogP contribution < -0.4 is 4.72 Å². The van der Waals surface area contributed by atoms with Gasteiger partial charge in [-0.25, -0.2) is 13.1 Å². The third-order valence-corrected chi connectivity index (χ3v) is 6.37. The zero-order valence-corrected chi connectivity index (χ0v) is 13.2. The van der Waals surface area contributed by atoms with Gasteiger partial charge in [0.25, 0.3) is 0 Å². The fraction of sp³-hybridized carbons (Fsp3) is 0.615. The molecule has 0 bridgehead atoms. The maximum absolute atomic E-state index is 12.4. The number of rotatable bonds is 4. The van der Waals surface area contributed by atoms with Gasteiger partial charge in [-0.3, -0.25) is 4.79 Å². The number of hydrogen-bond donors (Lipinski definition) is 2. The number of nitrogens with one attached hydrogen (secondary N) is 1. The Hall–Kier alpha value is -0.920. The summed E-state index contributed by atoms with van der Waals surface area (Å²) in [5, 5.41) is 9.04. The first-order valence-corrected chi connectivity index (χ1v) is 8.91. The Bertz CT molecular complexity index is 606. The SMILES string of the molecule is Cc1cc(S(=O)(=O)NC2CCCC(C(=O)O)C2)c(C)s1. The maximum Gasteiger partial charge on any atom is 0.306 e. The van der Waals surface area contributed by atoms with E-state index in [-0.39, 0.29) is 6.04 Å². The second-order valence-electron chi connectivity index (χ2n) is 5.30. The summed E-state index contributed by atoms with van der Waals surface area (Å²) in [5.74, 6) is -1.28. The minimum absolute atomic E-state index is 0.283. The Morgan fingerprint density at radius 2 is 2.10 bits per heavy atom. The topological polar surface area (TPSA) is 83.5 Å². The van der Waals surface area contributed by atoms with E-state index in [1.54, 1.807) is 13.0 Å². The molecule has 0 aliphatic heterocycles. The molecule has 5 nitrogen and oxygen atoms in total. The minimum atomic E-state index is -3.55. The fourth-order valence-corrected chi connectivity index (χ4v) is 5.52. The van der Waals surface area contributed by atoms with Gasteiger partial charge in [0.05, 0.1) is 10.8 Å². The lowest BCUT2D eigenvalue weighted by Gasteiger charge is -2.27. The number of aryl methyl sites for hydroxylation is 2. The van der Waals surface area contributed by atoms with Gasteiger partial charge in [0.2, 0.25) is 10.0 Å². The van der Waals surface area contributed by atoms with Crippen LogP contribution in [0, 0.1) is 19.8 Å². The minimum Gasteiger partial charge on any atom is -0.481 e.